The zero-order chi connectivity index (χ0) is 24.0. The van der Waals surface area contributed by atoms with Crippen LogP contribution in [0.4, 0.5) is 0 Å². The number of ether oxygens (including phenoxy) is 2. The number of carbonyl (C=O) groups is 2. The molecule has 2 N–H and O–H groups in total. The highest BCUT2D eigenvalue weighted by molar-refractivity contribution is 5.89. The molecular formula is C26H33NO6. The van der Waals surface area contributed by atoms with Crippen LogP contribution in [0.5, 0.6) is 0 Å². The number of hydrogen-bond acceptors (Lipinski definition) is 7. The van der Waals surface area contributed by atoms with E-state index in [1.807, 2.05) is 20.8 Å². The van der Waals surface area contributed by atoms with Crippen molar-refractivity contribution in [3.8, 4) is 0 Å². The van der Waals surface area contributed by atoms with Crippen molar-refractivity contribution in [1.29, 1.82) is 0 Å². The summed E-state index contributed by atoms with van der Waals surface area (Å²) in [4.78, 5) is 28.4. The van der Waals surface area contributed by atoms with E-state index in [1.54, 1.807) is 25.3 Å². The van der Waals surface area contributed by atoms with Gasteiger partial charge in [-0.15, -0.1) is 0 Å². The lowest BCUT2D eigenvalue weighted by Gasteiger charge is -2.65. The van der Waals surface area contributed by atoms with Gasteiger partial charge in [0.25, 0.3) is 0 Å². The molecule has 1 aliphatic heterocycles. The Bertz CT molecular complexity index is 999. The predicted octanol–water partition coefficient (Wildman–Crippen LogP) is 3.36. The molecule has 0 saturated heterocycles. The maximum absolute atomic E-state index is 13.0. The minimum atomic E-state index is -1.53. The first-order valence-corrected chi connectivity index (χ1v) is 11.6. The molecule has 1 aromatic rings. The van der Waals surface area contributed by atoms with Gasteiger partial charge in [0.2, 0.25) is 0 Å². The number of hydrogen-bond donors (Lipinski definition) is 2. The van der Waals surface area contributed by atoms with E-state index in [4.69, 9.17) is 9.47 Å². The van der Waals surface area contributed by atoms with Gasteiger partial charge in [0.15, 0.2) is 0 Å². The Kier molecular flexibility index (Phi) is 5.99. The van der Waals surface area contributed by atoms with Crippen LogP contribution < -0.4 is 0 Å². The summed E-state index contributed by atoms with van der Waals surface area (Å²) >= 11 is 0. The highest BCUT2D eigenvalue weighted by atomic mass is 16.6. The maximum atomic E-state index is 13.0. The second-order valence-corrected chi connectivity index (χ2v) is 10.3. The Labute approximate surface area is 194 Å². The molecule has 178 valence electrons. The van der Waals surface area contributed by atoms with E-state index in [1.165, 1.54) is 12.3 Å². The molecule has 2 aliphatic carbocycles. The minimum absolute atomic E-state index is 0.0567. The van der Waals surface area contributed by atoms with Crippen LogP contribution in [-0.2, 0) is 14.3 Å². The average molecular weight is 456 g/mol. The van der Waals surface area contributed by atoms with E-state index in [9.17, 15) is 19.8 Å². The number of allylic oxidation sites excluding steroid dienone is 1. The normalized spacial score (nSPS) is 38.1. The van der Waals surface area contributed by atoms with E-state index < -0.39 is 34.6 Å². The molecule has 0 spiro atoms. The SMILES string of the molecule is CC1=CCC[C@H]2[C@@]1(C)[C@@H](OC(=O)c1cccnc1)[C@H](O)[C@](C)(O)[C@]2(C)CCC1=CC(=O)OC1. The Balaban J connectivity index is 1.71. The quantitative estimate of drug-likeness (QED) is 0.518. The Morgan fingerprint density at radius 2 is 2.09 bits per heavy atom. The highest BCUT2D eigenvalue weighted by Crippen LogP contribution is 2.64. The summed E-state index contributed by atoms with van der Waals surface area (Å²) in [5.41, 5.74) is -0.654. The zero-order valence-corrected chi connectivity index (χ0v) is 19.7. The number of cyclic esters (lactones) is 1. The third-order valence-electron chi connectivity index (χ3n) is 8.68. The minimum Gasteiger partial charge on any atom is -0.458 e. The van der Waals surface area contributed by atoms with Crippen LogP contribution in [0.3, 0.4) is 0 Å². The molecule has 1 fully saturated rings. The van der Waals surface area contributed by atoms with E-state index >= 15 is 0 Å². The van der Waals surface area contributed by atoms with Gasteiger partial charge in [-0.1, -0.05) is 25.5 Å². The van der Waals surface area contributed by atoms with Gasteiger partial charge in [-0.2, -0.15) is 0 Å². The summed E-state index contributed by atoms with van der Waals surface area (Å²) in [7, 11) is 0. The molecule has 4 rings (SSSR count). The fourth-order valence-corrected chi connectivity index (χ4v) is 6.24. The number of rotatable bonds is 5. The molecule has 0 unspecified atom stereocenters. The van der Waals surface area contributed by atoms with Gasteiger partial charge in [-0.3, -0.25) is 4.98 Å². The van der Waals surface area contributed by atoms with Crippen molar-refractivity contribution in [3.63, 3.8) is 0 Å². The zero-order valence-electron chi connectivity index (χ0n) is 19.7. The van der Waals surface area contributed by atoms with E-state index in [-0.39, 0.29) is 18.5 Å². The third kappa shape index (κ3) is 3.71. The average Bonchev–Trinajstić information content (AvgIpc) is 3.21. The second-order valence-electron chi connectivity index (χ2n) is 10.3. The van der Waals surface area contributed by atoms with Crippen LogP contribution in [0.2, 0.25) is 0 Å². The number of carbonyl (C=O) groups excluding carboxylic acids is 2. The second kappa shape index (κ2) is 8.37. The molecule has 6 atom stereocenters. The fourth-order valence-electron chi connectivity index (χ4n) is 6.24. The first-order valence-electron chi connectivity index (χ1n) is 11.6. The first-order chi connectivity index (χ1) is 15.5. The van der Waals surface area contributed by atoms with Gasteiger partial charge < -0.3 is 19.7 Å². The smallest absolute Gasteiger partial charge is 0.340 e. The number of esters is 2. The Morgan fingerprint density at radius 3 is 2.73 bits per heavy atom. The van der Waals surface area contributed by atoms with Crippen LogP contribution in [0.25, 0.3) is 0 Å². The molecule has 1 saturated carbocycles. The summed E-state index contributed by atoms with van der Waals surface area (Å²) in [6, 6.07) is 3.28. The van der Waals surface area contributed by atoms with E-state index in [0.717, 1.165) is 24.0 Å². The predicted molar refractivity (Wildman–Crippen MR) is 121 cm³/mol. The van der Waals surface area contributed by atoms with Crippen molar-refractivity contribution in [2.24, 2.45) is 16.7 Å². The third-order valence-corrected chi connectivity index (χ3v) is 8.68. The lowest BCUT2D eigenvalue weighted by molar-refractivity contribution is -0.268. The van der Waals surface area contributed by atoms with Gasteiger partial charge in [-0.05, 0) is 63.2 Å². The standard InChI is InChI=1S/C26H33NO6/c1-16-7-5-9-19-24(2,11-10-17-13-20(28)32-15-17)26(4,31)21(29)22(25(16,19)3)33-23(30)18-8-6-12-27-14-18/h6-8,12-14,19,21-22,29,31H,5,9-11,15H2,1-4H3/t19-,21+,22+,24-,25+,26+/m1/s1. The van der Waals surface area contributed by atoms with Crippen LogP contribution >= 0.6 is 0 Å². The molecule has 2 heterocycles. The molecule has 7 nitrogen and oxygen atoms in total. The highest BCUT2D eigenvalue weighted by Gasteiger charge is 2.68. The molecule has 0 amide bonds. The van der Waals surface area contributed by atoms with Crippen molar-refractivity contribution in [1.82, 2.24) is 4.98 Å². The van der Waals surface area contributed by atoms with Crippen LogP contribution in [0.1, 0.15) is 63.7 Å². The molecular weight excluding hydrogens is 422 g/mol. The largest absolute Gasteiger partial charge is 0.458 e. The van der Waals surface area contributed by atoms with Crippen molar-refractivity contribution in [3.05, 3.63) is 53.4 Å². The molecule has 7 heteroatoms. The topological polar surface area (TPSA) is 106 Å². The van der Waals surface area contributed by atoms with Gasteiger partial charge in [0.1, 0.15) is 18.8 Å². The van der Waals surface area contributed by atoms with Crippen LogP contribution in [-0.4, -0.2) is 51.6 Å². The van der Waals surface area contributed by atoms with E-state index in [2.05, 4.69) is 11.1 Å². The molecule has 0 radical (unpaired) electrons. The number of aliphatic hydroxyl groups excluding tert-OH is 1. The number of pyridine rings is 1. The Hall–Kier alpha value is -2.51. The maximum Gasteiger partial charge on any atom is 0.340 e. The molecule has 1 aromatic heterocycles. The van der Waals surface area contributed by atoms with Gasteiger partial charge >= 0.3 is 11.9 Å². The lowest BCUT2D eigenvalue weighted by atomic mass is 9.43. The monoisotopic (exact) mass is 455 g/mol. The summed E-state index contributed by atoms with van der Waals surface area (Å²) < 4.78 is 11.0. The van der Waals surface area contributed by atoms with Gasteiger partial charge in [-0.25, -0.2) is 9.59 Å². The van der Waals surface area contributed by atoms with Gasteiger partial charge in [0.05, 0.1) is 11.2 Å². The summed E-state index contributed by atoms with van der Waals surface area (Å²) in [5, 5.41) is 23.3. The van der Waals surface area contributed by atoms with Crippen molar-refractivity contribution in [2.45, 2.75) is 71.2 Å². The molecule has 0 aromatic carbocycles. The van der Waals surface area contributed by atoms with Gasteiger partial charge in [0, 0.05) is 29.3 Å². The summed E-state index contributed by atoms with van der Waals surface area (Å²) in [6.07, 6.45) is 7.23. The number of nitrogens with zero attached hydrogens (tertiary/aromatic N) is 1. The lowest BCUT2D eigenvalue weighted by Crippen LogP contribution is -2.72. The van der Waals surface area contributed by atoms with Crippen LogP contribution in [0.15, 0.2) is 47.8 Å². The number of aliphatic hydroxyl groups is 2. The van der Waals surface area contributed by atoms with E-state index in [0.29, 0.717) is 18.4 Å². The number of fused-ring (bicyclic) bond motifs is 1. The van der Waals surface area contributed by atoms with Crippen molar-refractivity contribution in [2.75, 3.05) is 6.61 Å². The first kappa shape index (κ1) is 23.6. The molecule has 33 heavy (non-hydrogen) atoms. The van der Waals surface area contributed by atoms with Crippen molar-refractivity contribution < 1.29 is 29.3 Å². The van der Waals surface area contributed by atoms with Crippen LogP contribution in [0, 0.1) is 16.7 Å². The Morgan fingerprint density at radius 1 is 1.33 bits per heavy atom. The number of aromatic nitrogens is 1. The van der Waals surface area contributed by atoms with Crippen molar-refractivity contribution >= 4 is 11.9 Å². The molecule has 3 aliphatic rings. The summed E-state index contributed by atoms with van der Waals surface area (Å²) in [6.45, 7) is 7.96. The molecule has 0 bridgehead atoms. The summed E-state index contributed by atoms with van der Waals surface area (Å²) in [5.74, 6) is -0.968. The fraction of sp³-hybridized carbons (Fsp3) is 0.577.